The number of aliphatic carboxylic acids is 1. The number of pyridine rings is 1. The Morgan fingerprint density at radius 2 is 1.73 bits per heavy atom. The monoisotopic (exact) mass is 309 g/mol. The molecular weight excluding hydrogens is 289 g/mol. The lowest BCUT2D eigenvalue weighted by Crippen LogP contribution is -2.41. The lowest BCUT2D eigenvalue weighted by atomic mass is 9.79. The van der Waals surface area contributed by atoms with E-state index in [4.69, 9.17) is 14.4 Å². The van der Waals surface area contributed by atoms with Gasteiger partial charge in [-0.3, -0.25) is 4.98 Å². The summed E-state index contributed by atoms with van der Waals surface area (Å²) in [5.74, 6) is -1.51. The number of hydrogen-bond acceptors (Lipinski definition) is 6. The Kier molecular flexibility index (Phi) is 4.32. The minimum atomic E-state index is -1.92. The van der Waals surface area contributed by atoms with E-state index in [2.05, 4.69) is 4.98 Å². The zero-order valence-electron chi connectivity index (χ0n) is 13.0. The molecule has 1 aliphatic rings. The van der Waals surface area contributed by atoms with Crippen molar-refractivity contribution in [3.05, 3.63) is 24.0 Å². The maximum Gasteiger partial charge on any atom is 0.496 e. The first-order chi connectivity index (χ1) is 10.0. The molecule has 1 saturated heterocycles. The van der Waals surface area contributed by atoms with Gasteiger partial charge in [0.1, 0.15) is 6.10 Å². The summed E-state index contributed by atoms with van der Waals surface area (Å²) in [6.45, 7) is 7.64. The molecule has 0 aromatic carbocycles. The van der Waals surface area contributed by atoms with E-state index in [1.165, 1.54) is 18.5 Å². The number of carbonyl (C=O) groups is 1. The molecule has 1 aliphatic heterocycles. The van der Waals surface area contributed by atoms with Gasteiger partial charge in [-0.25, -0.2) is 4.79 Å². The van der Waals surface area contributed by atoms with Crippen LogP contribution < -0.4 is 5.46 Å². The number of aliphatic hydroxyl groups is 2. The molecular formula is C14H20BNO6. The van der Waals surface area contributed by atoms with Crippen molar-refractivity contribution in [3.8, 4) is 0 Å². The fraction of sp³-hybridized carbons (Fsp3) is 0.571. The van der Waals surface area contributed by atoms with E-state index in [1.807, 2.05) is 27.7 Å². The summed E-state index contributed by atoms with van der Waals surface area (Å²) in [4.78, 5) is 14.7. The van der Waals surface area contributed by atoms with Crippen LogP contribution in [0.3, 0.4) is 0 Å². The zero-order valence-corrected chi connectivity index (χ0v) is 13.0. The first-order valence-electron chi connectivity index (χ1n) is 6.94. The van der Waals surface area contributed by atoms with Gasteiger partial charge in [0.15, 0.2) is 6.10 Å². The number of nitrogens with zero attached hydrogens (tertiary/aromatic N) is 1. The van der Waals surface area contributed by atoms with Crippen LogP contribution in [0.25, 0.3) is 0 Å². The van der Waals surface area contributed by atoms with Crippen molar-refractivity contribution in [3.63, 3.8) is 0 Å². The molecule has 120 valence electrons. The maximum atomic E-state index is 10.7. The first kappa shape index (κ1) is 16.9. The molecule has 0 bridgehead atoms. The van der Waals surface area contributed by atoms with E-state index < -0.39 is 36.5 Å². The normalized spacial score (nSPS) is 22.4. The van der Waals surface area contributed by atoms with E-state index in [-0.39, 0.29) is 5.56 Å². The molecule has 22 heavy (non-hydrogen) atoms. The third-order valence-corrected chi connectivity index (χ3v) is 4.20. The highest BCUT2D eigenvalue weighted by atomic mass is 16.7. The lowest BCUT2D eigenvalue weighted by molar-refractivity contribution is -0.153. The van der Waals surface area contributed by atoms with Crippen molar-refractivity contribution in [1.29, 1.82) is 0 Å². The van der Waals surface area contributed by atoms with Crippen molar-refractivity contribution >= 4 is 18.6 Å². The lowest BCUT2D eigenvalue weighted by Gasteiger charge is -2.32. The van der Waals surface area contributed by atoms with Crippen molar-refractivity contribution in [1.82, 2.24) is 4.98 Å². The van der Waals surface area contributed by atoms with Crippen LogP contribution in [0.4, 0.5) is 0 Å². The van der Waals surface area contributed by atoms with E-state index in [0.717, 1.165) is 0 Å². The summed E-state index contributed by atoms with van der Waals surface area (Å²) in [5, 5.41) is 28.1. The van der Waals surface area contributed by atoms with Gasteiger partial charge in [-0.2, -0.15) is 0 Å². The first-order valence-corrected chi connectivity index (χ1v) is 6.94. The van der Waals surface area contributed by atoms with Crippen molar-refractivity contribution in [2.75, 3.05) is 0 Å². The van der Waals surface area contributed by atoms with Gasteiger partial charge in [0.2, 0.25) is 0 Å². The number of aromatic nitrogens is 1. The maximum absolute atomic E-state index is 10.7. The molecule has 1 fully saturated rings. The summed E-state index contributed by atoms with van der Waals surface area (Å²) >= 11 is 0. The topological polar surface area (TPSA) is 109 Å². The van der Waals surface area contributed by atoms with Crippen molar-refractivity contribution in [2.24, 2.45) is 0 Å². The molecule has 7 nitrogen and oxygen atoms in total. The summed E-state index contributed by atoms with van der Waals surface area (Å²) < 4.78 is 11.7. The van der Waals surface area contributed by atoms with Crippen LogP contribution in [-0.2, 0) is 14.1 Å². The fourth-order valence-electron chi connectivity index (χ4n) is 2.06. The highest BCUT2D eigenvalue weighted by Crippen LogP contribution is 2.36. The van der Waals surface area contributed by atoms with Gasteiger partial charge >= 0.3 is 13.1 Å². The van der Waals surface area contributed by atoms with E-state index in [0.29, 0.717) is 5.46 Å². The molecule has 2 rings (SSSR count). The molecule has 1 aromatic rings. The predicted molar refractivity (Wildman–Crippen MR) is 78.6 cm³/mol. The number of rotatable bonds is 4. The van der Waals surface area contributed by atoms with Gasteiger partial charge in [0, 0.05) is 23.4 Å². The second-order valence-electron chi connectivity index (χ2n) is 6.37. The van der Waals surface area contributed by atoms with Crippen LogP contribution in [0.15, 0.2) is 18.5 Å². The molecule has 0 aliphatic carbocycles. The smallest absolute Gasteiger partial charge is 0.479 e. The number of hydrogen-bond donors (Lipinski definition) is 3. The second kappa shape index (κ2) is 5.62. The van der Waals surface area contributed by atoms with Crippen molar-refractivity contribution in [2.45, 2.75) is 51.1 Å². The molecule has 2 unspecified atom stereocenters. The van der Waals surface area contributed by atoms with Gasteiger partial charge in [0.25, 0.3) is 0 Å². The molecule has 0 spiro atoms. The van der Waals surface area contributed by atoms with Crippen LogP contribution in [0, 0.1) is 0 Å². The summed E-state index contributed by atoms with van der Waals surface area (Å²) in [7, 11) is -0.674. The van der Waals surface area contributed by atoms with Gasteiger partial charge in [0.05, 0.1) is 11.2 Å². The van der Waals surface area contributed by atoms with E-state index in [1.54, 1.807) is 0 Å². The van der Waals surface area contributed by atoms with E-state index >= 15 is 0 Å². The van der Waals surface area contributed by atoms with Crippen LogP contribution in [0.1, 0.15) is 39.4 Å². The number of aliphatic hydroxyl groups excluding tert-OH is 2. The molecule has 2 heterocycles. The minimum absolute atomic E-state index is 0.183. The molecule has 8 heteroatoms. The number of carboxylic acids is 1. The third-order valence-electron chi connectivity index (χ3n) is 4.20. The second-order valence-corrected chi connectivity index (χ2v) is 6.37. The van der Waals surface area contributed by atoms with Gasteiger partial charge in [-0.05, 0) is 27.7 Å². The molecule has 3 N–H and O–H groups in total. The van der Waals surface area contributed by atoms with Crippen LogP contribution >= 0.6 is 0 Å². The Bertz CT molecular complexity index is 560. The fourth-order valence-corrected chi connectivity index (χ4v) is 2.06. The van der Waals surface area contributed by atoms with E-state index in [9.17, 15) is 15.0 Å². The molecule has 0 amide bonds. The van der Waals surface area contributed by atoms with Gasteiger partial charge in [-0.15, -0.1) is 0 Å². The highest BCUT2D eigenvalue weighted by molar-refractivity contribution is 6.62. The van der Waals surface area contributed by atoms with Gasteiger partial charge in [-0.1, -0.05) is 6.07 Å². The Hall–Kier alpha value is -1.48. The summed E-state index contributed by atoms with van der Waals surface area (Å²) in [6.07, 6.45) is -0.681. The average molecular weight is 309 g/mol. The molecule has 2 atom stereocenters. The largest absolute Gasteiger partial charge is 0.496 e. The van der Waals surface area contributed by atoms with Crippen LogP contribution in [0.5, 0.6) is 0 Å². The highest BCUT2D eigenvalue weighted by Gasteiger charge is 2.51. The Labute approximate surface area is 129 Å². The number of carboxylic acid groups (broad SMARTS) is 1. The molecule has 0 radical (unpaired) electrons. The Balaban J connectivity index is 2.25. The zero-order chi connectivity index (χ0) is 16.7. The van der Waals surface area contributed by atoms with Crippen LogP contribution in [0.2, 0.25) is 0 Å². The Morgan fingerprint density at radius 3 is 2.23 bits per heavy atom. The Morgan fingerprint density at radius 1 is 1.18 bits per heavy atom. The predicted octanol–water partition coefficient (Wildman–Crippen LogP) is -0.140. The SMILES string of the molecule is CC1(C)OB(c2cncc(C(O)C(O)C(=O)O)c2)OC1(C)C. The minimum Gasteiger partial charge on any atom is -0.479 e. The summed E-state index contributed by atoms with van der Waals surface area (Å²) in [5.41, 5.74) is -0.311. The standard InChI is InChI=1S/C14H20BNO6/c1-13(2)14(3,4)22-15(21-13)9-5-8(6-16-7-9)10(17)11(18)12(19)20/h5-7,10-11,17-18H,1-4H3,(H,19,20). The molecule has 0 saturated carbocycles. The quantitative estimate of drug-likeness (QED) is 0.664. The third kappa shape index (κ3) is 3.00. The summed E-state index contributed by atoms with van der Waals surface area (Å²) in [6, 6.07) is 1.52. The van der Waals surface area contributed by atoms with Crippen LogP contribution in [-0.4, -0.2) is 50.7 Å². The molecule has 1 aromatic heterocycles. The van der Waals surface area contributed by atoms with Gasteiger partial charge < -0.3 is 24.6 Å². The average Bonchev–Trinajstić information content (AvgIpc) is 2.66. The van der Waals surface area contributed by atoms with Crippen molar-refractivity contribution < 1.29 is 29.4 Å².